The Balaban J connectivity index is 1.69. The first-order chi connectivity index (χ1) is 30.7. The molecule has 4 atom stereocenters. The number of aliphatic hydroxyl groups is 1. The summed E-state index contributed by atoms with van der Waals surface area (Å²) < 4.78 is 31.4. The summed E-state index contributed by atoms with van der Waals surface area (Å²) in [6.07, 6.45) is 1.60. The molecule has 8 N–H and O–H groups in total. The molecular formula is C46H65F2N9O8. The standard InChI is InChI=1S/C46H65F2N9O8/c1-8-56(9-2)54-40(61)18-13-17-39(60)51-29(3)43(63)52-30(4)44(64)53-36(25-38(49)59)45(65)50-21-14-22-57(41(62)28-58)42(46(5,6)7)37-23-32(34-24-33(47)19-20-35(34)48)27-55(37)26-31-15-11-10-12-16-31/h10-12,15-16,19-20,23-24,27,29-30,36,42,58H,8-9,13-14,17-18,21-22,25-26,28H2,1-7H3,(H2,49,59)(H,50,65)(H,51,60)(H,52,63)(H,53,64)(H,54,61)/t29-,30+,36-,42?/m0/s1. The van der Waals surface area contributed by atoms with E-state index >= 15 is 4.39 Å². The predicted molar refractivity (Wildman–Crippen MR) is 240 cm³/mol. The van der Waals surface area contributed by atoms with E-state index in [1.165, 1.54) is 18.7 Å². The highest BCUT2D eigenvalue weighted by molar-refractivity contribution is 5.95. The van der Waals surface area contributed by atoms with Crippen LogP contribution < -0.4 is 32.4 Å². The topological polar surface area (TPSA) is 237 Å². The highest BCUT2D eigenvalue weighted by Crippen LogP contribution is 2.41. The van der Waals surface area contributed by atoms with E-state index in [0.29, 0.717) is 30.9 Å². The molecule has 356 valence electrons. The van der Waals surface area contributed by atoms with E-state index in [4.69, 9.17) is 5.73 Å². The Morgan fingerprint density at radius 1 is 0.815 bits per heavy atom. The van der Waals surface area contributed by atoms with Gasteiger partial charge >= 0.3 is 0 Å². The largest absolute Gasteiger partial charge is 0.387 e. The number of nitrogens with two attached hydrogens (primary N) is 1. The summed E-state index contributed by atoms with van der Waals surface area (Å²) >= 11 is 0. The zero-order chi connectivity index (χ0) is 48.4. The van der Waals surface area contributed by atoms with Gasteiger partial charge in [0.2, 0.25) is 41.4 Å². The van der Waals surface area contributed by atoms with Crippen LogP contribution in [0.1, 0.15) is 97.9 Å². The van der Waals surface area contributed by atoms with Gasteiger partial charge in [0.25, 0.3) is 0 Å². The molecule has 65 heavy (non-hydrogen) atoms. The molecule has 19 heteroatoms. The number of rotatable bonds is 25. The van der Waals surface area contributed by atoms with Crippen molar-refractivity contribution in [1.82, 2.24) is 41.2 Å². The molecular weight excluding hydrogens is 845 g/mol. The molecule has 0 fully saturated rings. The summed E-state index contributed by atoms with van der Waals surface area (Å²) in [5.41, 5.74) is 9.35. The van der Waals surface area contributed by atoms with Gasteiger partial charge in [0.15, 0.2) is 0 Å². The van der Waals surface area contributed by atoms with Crippen molar-refractivity contribution in [3.05, 3.63) is 83.7 Å². The van der Waals surface area contributed by atoms with Crippen molar-refractivity contribution in [3.8, 4) is 11.1 Å². The second-order valence-corrected chi connectivity index (χ2v) is 16.9. The highest BCUT2D eigenvalue weighted by atomic mass is 19.1. The fraction of sp³-hybridized carbons (Fsp3) is 0.500. The van der Waals surface area contributed by atoms with Crippen molar-refractivity contribution >= 4 is 41.4 Å². The number of amides is 7. The molecule has 17 nitrogen and oxygen atoms in total. The van der Waals surface area contributed by atoms with Crippen molar-refractivity contribution in [2.24, 2.45) is 11.1 Å². The minimum atomic E-state index is -1.43. The maximum Gasteiger partial charge on any atom is 0.248 e. The van der Waals surface area contributed by atoms with Gasteiger partial charge in [-0.25, -0.2) is 13.8 Å². The van der Waals surface area contributed by atoms with E-state index in [0.717, 1.165) is 23.8 Å². The minimum Gasteiger partial charge on any atom is -0.387 e. The van der Waals surface area contributed by atoms with Crippen LogP contribution in [-0.4, -0.2) is 112 Å². The minimum absolute atomic E-state index is 0.0123. The second-order valence-electron chi connectivity index (χ2n) is 16.9. The normalized spacial score (nSPS) is 13.2. The fourth-order valence-corrected chi connectivity index (χ4v) is 7.20. The lowest BCUT2D eigenvalue weighted by molar-refractivity contribution is -0.139. The van der Waals surface area contributed by atoms with Crippen LogP contribution in [0.2, 0.25) is 0 Å². The van der Waals surface area contributed by atoms with Gasteiger partial charge in [0.1, 0.15) is 36.4 Å². The molecule has 0 spiro atoms. The monoisotopic (exact) mass is 909 g/mol. The average molecular weight is 910 g/mol. The molecule has 0 saturated carbocycles. The number of aliphatic hydroxyl groups excluding tert-OH is 1. The Bertz CT molecular complexity index is 2110. The summed E-state index contributed by atoms with van der Waals surface area (Å²) in [5.74, 6) is -5.77. The van der Waals surface area contributed by atoms with Crippen LogP contribution in [0.5, 0.6) is 0 Å². The zero-order valence-electron chi connectivity index (χ0n) is 38.3. The van der Waals surface area contributed by atoms with E-state index in [2.05, 4.69) is 26.7 Å². The summed E-state index contributed by atoms with van der Waals surface area (Å²) in [6, 6.07) is 9.88. The first-order valence-electron chi connectivity index (χ1n) is 21.8. The van der Waals surface area contributed by atoms with E-state index < -0.39 is 89.7 Å². The maximum atomic E-state index is 15.1. The molecule has 0 saturated heterocycles. The van der Waals surface area contributed by atoms with Crippen LogP contribution >= 0.6 is 0 Å². The van der Waals surface area contributed by atoms with Crippen LogP contribution in [0.15, 0.2) is 60.8 Å². The van der Waals surface area contributed by atoms with Crippen LogP contribution in [0, 0.1) is 17.0 Å². The lowest BCUT2D eigenvalue weighted by atomic mass is 9.83. The van der Waals surface area contributed by atoms with Gasteiger partial charge in [-0.2, -0.15) is 0 Å². The predicted octanol–water partition coefficient (Wildman–Crippen LogP) is 2.81. The quantitative estimate of drug-likeness (QED) is 0.0488. The number of aromatic nitrogens is 1. The van der Waals surface area contributed by atoms with Gasteiger partial charge in [-0.05, 0) is 61.9 Å². The van der Waals surface area contributed by atoms with E-state index in [9.17, 15) is 43.1 Å². The van der Waals surface area contributed by atoms with Crippen LogP contribution in [0.25, 0.3) is 11.1 Å². The maximum absolute atomic E-state index is 15.1. The van der Waals surface area contributed by atoms with Crippen LogP contribution in [0.3, 0.4) is 0 Å². The van der Waals surface area contributed by atoms with E-state index in [1.54, 1.807) is 17.3 Å². The molecule has 0 aliphatic rings. The molecule has 0 aliphatic heterocycles. The number of halogens is 2. The first-order valence-corrected chi connectivity index (χ1v) is 21.8. The number of hydrogen-bond donors (Lipinski definition) is 7. The lowest BCUT2D eigenvalue weighted by Crippen LogP contribution is -2.56. The summed E-state index contributed by atoms with van der Waals surface area (Å²) in [7, 11) is 0. The summed E-state index contributed by atoms with van der Waals surface area (Å²) in [5, 5.41) is 22.0. The summed E-state index contributed by atoms with van der Waals surface area (Å²) in [6.45, 7) is 13.0. The molecule has 1 heterocycles. The smallest absolute Gasteiger partial charge is 0.248 e. The third-order valence-corrected chi connectivity index (χ3v) is 10.5. The average Bonchev–Trinajstić information content (AvgIpc) is 3.65. The first kappa shape index (κ1) is 53.1. The number of hydrazine groups is 1. The SMILES string of the molecule is CCN(CC)NC(=O)CCCC(=O)N[C@@H](C)C(=O)N[C@H](C)C(=O)N[C@@H](CC(N)=O)C(=O)NCCCN(C(=O)CO)C(c1cc(-c2cc(F)ccc2F)cn1Cc1ccccc1)C(C)(C)C. The fourth-order valence-electron chi connectivity index (χ4n) is 7.20. The van der Waals surface area contributed by atoms with Crippen molar-refractivity contribution in [1.29, 1.82) is 0 Å². The van der Waals surface area contributed by atoms with Gasteiger partial charge in [-0.1, -0.05) is 65.0 Å². The Hall–Kier alpha value is -6.21. The third kappa shape index (κ3) is 16.7. The van der Waals surface area contributed by atoms with Crippen LogP contribution in [0.4, 0.5) is 8.78 Å². The number of nitrogens with zero attached hydrogens (tertiary/aromatic N) is 3. The van der Waals surface area contributed by atoms with Crippen molar-refractivity contribution in [2.45, 2.75) is 111 Å². The molecule has 1 aromatic heterocycles. The molecule has 2 aromatic carbocycles. The van der Waals surface area contributed by atoms with Crippen LogP contribution in [-0.2, 0) is 40.1 Å². The van der Waals surface area contributed by atoms with Gasteiger partial charge in [-0.3, -0.25) is 39.0 Å². The number of benzene rings is 2. The number of hydrogen-bond acceptors (Lipinski definition) is 9. The molecule has 0 radical (unpaired) electrons. The Morgan fingerprint density at radius 2 is 1.45 bits per heavy atom. The Kier molecular flexibility index (Phi) is 20.7. The second kappa shape index (κ2) is 25.3. The number of nitrogens with one attached hydrogen (secondary N) is 5. The highest BCUT2D eigenvalue weighted by Gasteiger charge is 2.37. The molecule has 0 aliphatic carbocycles. The van der Waals surface area contributed by atoms with Gasteiger partial charge in [0.05, 0.1) is 12.5 Å². The molecule has 1 unspecified atom stereocenters. The number of carbonyl (C=O) groups excluding carboxylic acids is 7. The van der Waals surface area contributed by atoms with E-state index in [1.807, 2.05) is 69.5 Å². The van der Waals surface area contributed by atoms with Crippen molar-refractivity contribution in [3.63, 3.8) is 0 Å². The molecule has 7 amide bonds. The van der Waals surface area contributed by atoms with Gasteiger partial charge in [-0.15, -0.1) is 0 Å². The lowest BCUT2D eigenvalue weighted by Gasteiger charge is -2.41. The third-order valence-electron chi connectivity index (χ3n) is 10.5. The Morgan fingerprint density at radius 3 is 2.06 bits per heavy atom. The summed E-state index contributed by atoms with van der Waals surface area (Å²) in [4.78, 5) is 90.9. The van der Waals surface area contributed by atoms with Crippen molar-refractivity contribution < 1.29 is 47.4 Å². The van der Waals surface area contributed by atoms with Crippen molar-refractivity contribution in [2.75, 3.05) is 32.8 Å². The molecule has 0 bridgehead atoms. The zero-order valence-corrected chi connectivity index (χ0v) is 38.3. The Labute approximate surface area is 379 Å². The number of carbonyl (C=O) groups is 7. The van der Waals surface area contributed by atoms with Gasteiger partial charge in [0, 0.05) is 68.6 Å². The molecule has 3 aromatic rings. The van der Waals surface area contributed by atoms with E-state index in [-0.39, 0.29) is 50.2 Å². The molecule has 3 rings (SSSR count). The van der Waals surface area contributed by atoms with Gasteiger partial charge < -0.3 is 41.6 Å². The number of primary amides is 1.